The first kappa shape index (κ1) is 22.3. The maximum absolute atomic E-state index is 12.5. The molecule has 0 spiro atoms. The van der Waals surface area contributed by atoms with Gasteiger partial charge in [-0.2, -0.15) is 0 Å². The lowest BCUT2D eigenvalue weighted by molar-refractivity contribution is 0.122. The van der Waals surface area contributed by atoms with Crippen LogP contribution in [0.4, 0.5) is 11.4 Å². The van der Waals surface area contributed by atoms with Crippen LogP contribution in [0.1, 0.15) is 22.4 Å². The molecule has 1 fully saturated rings. The van der Waals surface area contributed by atoms with Gasteiger partial charge in [-0.1, -0.05) is 0 Å². The Morgan fingerprint density at radius 2 is 1.86 bits per heavy atom. The Hall–Kier alpha value is -4.17. The molecule has 8 nitrogen and oxygen atoms in total. The van der Waals surface area contributed by atoms with Gasteiger partial charge >= 0.3 is 0 Å². The zero-order valence-corrected chi connectivity index (χ0v) is 20.1. The topological polar surface area (TPSA) is 92.4 Å². The van der Waals surface area contributed by atoms with Crippen molar-refractivity contribution in [3.8, 4) is 22.9 Å². The average Bonchev–Trinajstić information content (AvgIpc) is 2.90. The van der Waals surface area contributed by atoms with E-state index in [4.69, 9.17) is 9.47 Å². The van der Waals surface area contributed by atoms with E-state index in [9.17, 15) is 4.79 Å². The molecule has 3 aromatic heterocycles. The second-order valence-electron chi connectivity index (χ2n) is 9.14. The minimum absolute atomic E-state index is 0.163. The van der Waals surface area contributed by atoms with E-state index in [-0.39, 0.29) is 5.56 Å². The van der Waals surface area contributed by atoms with Gasteiger partial charge in [0.05, 0.1) is 31.1 Å². The van der Waals surface area contributed by atoms with Gasteiger partial charge in [-0.3, -0.25) is 14.8 Å². The van der Waals surface area contributed by atoms with Crippen molar-refractivity contribution in [2.45, 2.75) is 19.9 Å². The molecule has 36 heavy (non-hydrogen) atoms. The highest BCUT2D eigenvalue weighted by Crippen LogP contribution is 2.42. The SMILES string of the molecule is Cc1ccnc(CNc2ccc3c(c2)Cc2ccnc(-c4cc(N5CCOCC5)cc(=O)[nH]4)c2O3)c1. The minimum Gasteiger partial charge on any atom is -0.454 e. The normalized spacial score (nSPS) is 14.5. The zero-order valence-electron chi connectivity index (χ0n) is 20.1. The molecule has 2 N–H and O–H groups in total. The number of aromatic amines is 1. The molecule has 0 aliphatic carbocycles. The van der Waals surface area contributed by atoms with Crippen molar-refractivity contribution < 1.29 is 9.47 Å². The molecule has 2 aliphatic heterocycles. The second kappa shape index (κ2) is 9.47. The summed E-state index contributed by atoms with van der Waals surface area (Å²) in [6.45, 7) is 5.53. The Morgan fingerprint density at radius 1 is 1.00 bits per heavy atom. The van der Waals surface area contributed by atoms with Crippen LogP contribution >= 0.6 is 0 Å². The van der Waals surface area contributed by atoms with Crippen LogP contribution in [0.25, 0.3) is 11.4 Å². The third-order valence-electron chi connectivity index (χ3n) is 6.55. The van der Waals surface area contributed by atoms with E-state index in [1.165, 1.54) is 5.56 Å². The molecular formula is C28H27N5O3. The van der Waals surface area contributed by atoms with E-state index in [0.29, 0.717) is 43.3 Å². The number of nitrogens with zero attached hydrogens (tertiary/aromatic N) is 3. The number of morpholine rings is 1. The first-order chi connectivity index (χ1) is 17.6. The summed E-state index contributed by atoms with van der Waals surface area (Å²) in [5.41, 5.74) is 7.32. The van der Waals surface area contributed by atoms with Gasteiger partial charge in [0.1, 0.15) is 11.4 Å². The number of nitrogens with one attached hydrogen (secondary N) is 2. The molecule has 182 valence electrons. The zero-order chi connectivity index (χ0) is 24.5. The highest BCUT2D eigenvalue weighted by atomic mass is 16.5. The molecule has 1 aromatic carbocycles. The van der Waals surface area contributed by atoms with Crippen molar-refractivity contribution in [3.05, 3.63) is 93.7 Å². The summed E-state index contributed by atoms with van der Waals surface area (Å²) in [7, 11) is 0. The first-order valence-electron chi connectivity index (χ1n) is 12.1. The third-order valence-corrected chi connectivity index (χ3v) is 6.55. The summed E-state index contributed by atoms with van der Waals surface area (Å²) in [6, 6.07) is 15.8. The summed E-state index contributed by atoms with van der Waals surface area (Å²) in [6.07, 6.45) is 4.32. The monoisotopic (exact) mass is 481 g/mol. The van der Waals surface area contributed by atoms with Crippen molar-refractivity contribution in [2.75, 3.05) is 36.5 Å². The molecule has 5 heterocycles. The van der Waals surface area contributed by atoms with E-state index in [2.05, 4.69) is 44.2 Å². The van der Waals surface area contributed by atoms with Gasteiger partial charge in [0.25, 0.3) is 5.56 Å². The predicted octanol–water partition coefficient (Wildman–Crippen LogP) is 4.29. The molecule has 1 saturated heterocycles. The number of fused-ring (bicyclic) bond motifs is 2. The van der Waals surface area contributed by atoms with E-state index < -0.39 is 0 Å². The van der Waals surface area contributed by atoms with Gasteiger partial charge in [-0.05, 0) is 55.0 Å². The number of H-pyrrole nitrogens is 1. The number of ether oxygens (including phenoxy) is 2. The van der Waals surface area contributed by atoms with Crippen molar-refractivity contribution in [2.24, 2.45) is 0 Å². The predicted molar refractivity (Wildman–Crippen MR) is 139 cm³/mol. The summed E-state index contributed by atoms with van der Waals surface area (Å²) >= 11 is 0. The van der Waals surface area contributed by atoms with Crippen LogP contribution in [0, 0.1) is 6.92 Å². The molecule has 0 bridgehead atoms. The Balaban J connectivity index is 1.26. The van der Waals surface area contributed by atoms with Crippen molar-refractivity contribution in [3.63, 3.8) is 0 Å². The summed E-state index contributed by atoms with van der Waals surface area (Å²) in [4.78, 5) is 26.6. The number of pyridine rings is 3. The van der Waals surface area contributed by atoms with E-state index in [1.807, 2.05) is 36.5 Å². The van der Waals surface area contributed by atoms with E-state index in [1.54, 1.807) is 12.3 Å². The standard InChI is InChI=1S/C28H27N5O3/c1-18-4-6-29-22(12-18)17-31-21-2-3-25-20(14-21)13-19-5-7-30-27(28(19)36-25)24-15-23(16-26(34)32-24)33-8-10-35-11-9-33/h2-7,12,14-16,31H,8-11,13,17H2,1H3,(H,32,34). The highest BCUT2D eigenvalue weighted by molar-refractivity contribution is 5.71. The van der Waals surface area contributed by atoms with Crippen LogP contribution < -0.4 is 20.5 Å². The van der Waals surface area contributed by atoms with E-state index >= 15 is 0 Å². The molecule has 0 radical (unpaired) electrons. The second-order valence-corrected chi connectivity index (χ2v) is 9.14. The van der Waals surface area contributed by atoms with Crippen molar-refractivity contribution in [1.82, 2.24) is 15.0 Å². The maximum atomic E-state index is 12.5. The number of rotatable bonds is 5. The molecule has 0 atom stereocenters. The lowest BCUT2D eigenvalue weighted by atomic mass is 9.99. The quantitative estimate of drug-likeness (QED) is 0.387. The lowest BCUT2D eigenvalue weighted by Crippen LogP contribution is -2.36. The van der Waals surface area contributed by atoms with Crippen LogP contribution in [0.15, 0.2) is 65.7 Å². The molecule has 8 heteroatoms. The highest BCUT2D eigenvalue weighted by Gasteiger charge is 2.23. The number of hydrogen-bond acceptors (Lipinski definition) is 7. The van der Waals surface area contributed by atoms with Crippen LogP contribution in [0.2, 0.25) is 0 Å². The van der Waals surface area contributed by atoms with Crippen LogP contribution in [-0.2, 0) is 17.7 Å². The number of hydrogen-bond donors (Lipinski definition) is 2. The summed E-state index contributed by atoms with van der Waals surface area (Å²) in [5.74, 6) is 1.48. The number of anilines is 2. The molecule has 0 saturated carbocycles. The molecular weight excluding hydrogens is 454 g/mol. The molecule has 2 aliphatic rings. The first-order valence-corrected chi connectivity index (χ1v) is 12.1. The molecule has 6 rings (SSSR count). The Bertz CT molecular complexity index is 1480. The largest absolute Gasteiger partial charge is 0.454 e. The third kappa shape index (κ3) is 4.55. The number of aryl methyl sites for hydroxylation is 1. The van der Waals surface area contributed by atoms with Crippen molar-refractivity contribution >= 4 is 11.4 Å². The Labute approximate surface area is 209 Å². The van der Waals surface area contributed by atoms with Gasteiger partial charge in [0, 0.05) is 60.5 Å². The smallest absolute Gasteiger partial charge is 0.250 e. The average molecular weight is 482 g/mol. The fourth-order valence-electron chi connectivity index (χ4n) is 4.72. The van der Waals surface area contributed by atoms with Crippen LogP contribution in [0.3, 0.4) is 0 Å². The fraction of sp³-hybridized carbons (Fsp3) is 0.250. The Kier molecular flexibility index (Phi) is 5.87. The van der Waals surface area contributed by atoms with Gasteiger partial charge in [0.15, 0.2) is 5.75 Å². The maximum Gasteiger partial charge on any atom is 0.250 e. The van der Waals surface area contributed by atoms with Gasteiger partial charge < -0.3 is 24.7 Å². The number of benzene rings is 1. The van der Waals surface area contributed by atoms with Gasteiger partial charge in [0.2, 0.25) is 0 Å². The molecule has 0 amide bonds. The van der Waals surface area contributed by atoms with Crippen LogP contribution in [0.5, 0.6) is 11.5 Å². The fourth-order valence-corrected chi connectivity index (χ4v) is 4.72. The summed E-state index contributed by atoms with van der Waals surface area (Å²) in [5, 5.41) is 3.46. The summed E-state index contributed by atoms with van der Waals surface area (Å²) < 4.78 is 11.8. The molecule has 0 unspecified atom stereocenters. The van der Waals surface area contributed by atoms with Gasteiger partial charge in [-0.15, -0.1) is 0 Å². The molecule has 4 aromatic rings. The van der Waals surface area contributed by atoms with Crippen molar-refractivity contribution in [1.29, 1.82) is 0 Å². The van der Waals surface area contributed by atoms with E-state index in [0.717, 1.165) is 47.0 Å². The Morgan fingerprint density at radius 3 is 2.72 bits per heavy atom. The van der Waals surface area contributed by atoms with Gasteiger partial charge in [-0.25, -0.2) is 0 Å². The lowest BCUT2D eigenvalue weighted by Gasteiger charge is -2.29. The van der Waals surface area contributed by atoms with Crippen LogP contribution in [-0.4, -0.2) is 41.3 Å². The number of aromatic nitrogens is 3. The minimum atomic E-state index is -0.163.